The van der Waals surface area contributed by atoms with E-state index in [9.17, 15) is 9.59 Å². The Hall–Kier alpha value is -0.860. The van der Waals surface area contributed by atoms with Crippen molar-refractivity contribution < 1.29 is 9.59 Å². The third-order valence-corrected chi connectivity index (χ3v) is 5.30. The predicted molar refractivity (Wildman–Crippen MR) is 75.4 cm³/mol. The molecule has 108 valence electrons. The lowest BCUT2D eigenvalue weighted by molar-refractivity contribution is -0.146. The Morgan fingerprint density at radius 2 is 2.00 bits per heavy atom. The van der Waals surface area contributed by atoms with Crippen LogP contribution in [-0.4, -0.2) is 11.8 Å². The molecule has 1 saturated carbocycles. The van der Waals surface area contributed by atoms with Crippen LogP contribution in [0.25, 0.3) is 0 Å². The summed E-state index contributed by atoms with van der Waals surface area (Å²) in [6, 6.07) is 0. The highest BCUT2D eigenvalue weighted by atomic mass is 16.2. The van der Waals surface area contributed by atoms with Crippen molar-refractivity contribution in [2.75, 3.05) is 0 Å². The van der Waals surface area contributed by atoms with Gasteiger partial charge in [-0.05, 0) is 36.5 Å². The first-order valence-corrected chi connectivity index (χ1v) is 7.82. The third kappa shape index (κ3) is 2.85. The lowest BCUT2D eigenvalue weighted by Crippen LogP contribution is -2.53. The molecule has 3 unspecified atom stereocenters. The second kappa shape index (κ2) is 5.64. The number of amides is 2. The monoisotopic (exact) mass is 265 g/mol. The average molecular weight is 265 g/mol. The zero-order valence-electron chi connectivity index (χ0n) is 12.5. The molecule has 1 aliphatic heterocycles. The molecule has 0 bridgehead atoms. The highest BCUT2D eigenvalue weighted by Gasteiger charge is 2.49. The molecule has 1 spiro atoms. The first kappa shape index (κ1) is 14.5. The van der Waals surface area contributed by atoms with Gasteiger partial charge in [0.2, 0.25) is 11.8 Å². The summed E-state index contributed by atoms with van der Waals surface area (Å²) in [6.07, 6.45) is 7.49. The Morgan fingerprint density at radius 3 is 2.63 bits per heavy atom. The van der Waals surface area contributed by atoms with Crippen LogP contribution >= 0.6 is 0 Å². The van der Waals surface area contributed by atoms with Crippen LogP contribution in [-0.2, 0) is 9.59 Å². The van der Waals surface area contributed by atoms with Gasteiger partial charge in [0.1, 0.15) is 0 Å². The molecule has 2 rings (SSSR count). The maximum absolute atomic E-state index is 12.3. The quantitative estimate of drug-likeness (QED) is 0.779. The molecule has 1 saturated heterocycles. The van der Waals surface area contributed by atoms with E-state index in [0.717, 1.165) is 18.8 Å². The van der Waals surface area contributed by atoms with Gasteiger partial charge < -0.3 is 0 Å². The van der Waals surface area contributed by atoms with Gasteiger partial charge in [0, 0.05) is 12.3 Å². The van der Waals surface area contributed by atoms with Gasteiger partial charge in [-0.1, -0.05) is 40.0 Å². The predicted octanol–water partition coefficient (Wildman–Crippen LogP) is 3.28. The molecule has 19 heavy (non-hydrogen) atoms. The smallest absolute Gasteiger partial charge is 0.230 e. The summed E-state index contributed by atoms with van der Waals surface area (Å²) >= 11 is 0. The van der Waals surface area contributed by atoms with Crippen LogP contribution in [0.5, 0.6) is 0 Å². The highest BCUT2D eigenvalue weighted by Crippen LogP contribution is 2.50. The average Bonchev–Trinajstić information content (AvgIpc) is 2.50. The topological polar surface area (TPSA) is 46.2 Å². The van der Waals surface area contributed by atoms with Crippen molar-refractivity contribution in [3.05, 3.63) is 0 Å². The Balaban J connectivity index is 2.25. The minimum Gasteiger partial charge on any atom is -0.296 e. The number of carbonyl (C=O) groups is 2. The fraction of sp³-hybridized carbons (Fsp3) is 0.875. The largest absolute Gasteiger partial charge is 0.296 e. The number of carbonyl (C=O) groups excluding carboxylic acids is 2. The van der Waals surface area contributed by atoms with E-state index in [1.54, 1.807) is 0 Å². The fourth-order valence-corrected chi connectivity index (χ4v) is 4.38. The maximum atomic E-state index is 12.3. The number of imide groups is 1. The van der Waals surface area contributed by atoms with E-state index >= 15 is 0 Å². The minimum absolute atomic E-state index is 0.0146. The summed E-state index contributed by atoms with van der Waals surface area (Å²) in [5.41, 5.74) is -0.0580. The van der Waals surface area contributed by atoms with Crippen LogP contribution < -0.4 is 5.32 Å². The van der Waals surface area contributed by atoms with Gasteiger partial charge in [0.05, 0.1) is 0 Å². The first-order chi connectivity index (χ1) is 8.98. The Kier molecular flexibility index (Phi) is 4.32. The van der Waals surface area contributed by atoms with E-state index in [2.05, 4.69) is 26.1 Å². The number of piperidine rings is 1. The number of rotatable bonds is 2. The normalized spacial score (nSPS) is 36.4. The van der Waals surface area contributed by atoms with Crippen LogP contribution in [0.3, 0.4) is 0 Å². The molecular weight excluding hydrogens is 238 g/mol. The summed E-state index contributed by atoms with van der Waals surface area (Å²) in [5, 5.41) is 2.55. The lowest BCUT2D eigenvalue weighted by Gasteiger charge is -2.44. The van der Waals surface area contributed by atoms with Gasteiger partial charge in [0.15, 0.2) is 0 Å². The Labute approximate surface area is 116 Å². The van der Waals surface area contributed by atoms with Gasteiger partial charge >= 0.3 is 0 Å². The van der Waals surface area contributed by atoms with Gasteiger partial charge in [-0.25, -0.2) is 0 Å². The van der Waals surface area contributed by atoms with Crippen molar-refractivity contribution in [3.63, 3.8) is 0 Å². The first-order valence-electron chi connectivity index (χ1n) is 7.82. The molecule has 2 aliphatic rings. The molecule has 3 heteroatoms. The number of hydrogen-bond acceptors (Lipinski definition) is 2. The third-order valence-electron chi connectivity index (χ3n) is 5.30. The van der Waals surface area contributed by atoms with Crippen LogP contribution in [0.4, 0.5) is 0 Å². The number of nitrogens with one attached hydrogen (secondary N) is 1. The van der Waals surface area contributed by atoms with E-state index in [1.165, 1.54) is 25.7 Å². The summed E-state index contributed by atoms with van der Waals surface area (Å²) in [5.74, 6) is 1.03. The zero-order valence-corrected chi connectivity index (χ0v) is 12.5. The Morgan fingerprint density at radius 1 is 1.26 bits per heavy atom. The molecule has 1 heterocycles. The summed E-state index contributed by atoms with van der Waals surface area (Å²) in [4.78, 5) is 24.1. The van der Waals surface area contributed by atoms with E-state index in [1.807, 2.05) is 0 Å². The van der Waals surface area contributed by atoms with Crippen LogP contribution in [0.2, 0.25) is 0 Å². The van der Waals surface area contributed by atoms with Crippen molar-refractivity contribution in [2.24, 2.45) is 23.2 Å². The van der Waals surface area contributed by atoms with Crippen LogP contribution in [0.1, 0.15) is 65.7 Å². The molecule has 2 fully saturated rings. The van der Waals surface area contributed by atoms with Crippen LogP contribution in [0, 0.1) is 23.2 Å². The molecule has 0 aromatic heterocycles. The Bertz CT molecular complexity index is 364. The molecule has 3 atom stereocenters. The van der Waals surface area contributed by atoms with Gasteiger partial charge in [-0.15, -0.1) is 0 Å². The van der Waals surface area contributed by atoms with E-state index in [0.29, 0.717) is 12.3 Å². The molecule has 1 aliphatic carbocycles. The van der Waals surface area contributed by atoms with Gasteiger partial charge in [-0.2, -0.15) is 0 Å². The molecule has 1 N–H and O–H groups in total. The standard InChI is InChI=1S/C16H27NO2/c1-4-12-6-5-8-16(9-7-12)10-13(18)17-15(19)14(16)11(2)3/h11-12,14H,4-10H2,1-3H3,(H,17,18,19). The summed E-state index contributed by atoms with van der Waals surface area (Å²) in [6.45, 7) is 6.48. The summed E-state index contributed by atoms with van der Waals surface area (Å²) in [7, 11) is 0. The zero-order chi connectivity index (χ0) is 14.0. The number of hydrogen-bond donors (Lipinski definition) is 1. The van der Waals surface area contributed by atoms with Gasteiger partial charge in [0.25, 0.3) is 0 Å². The van der Waals surface area contributed by atoms with Crippen molar-refractivity contribution in [3.8, 4) is 0 Å². The SMILES string of the molecule is CCC1CCCC2(CC1)CC(=O)NC(=O)C2C(C)C. The molecular formula is C16H27NO2. The highest BCUT2D eigenvalue weighted by molar-refractivity contribution is 5.99. The molecule has 0 aromatic rings. The lowest BCUT2D eigenvalue weighted by atomic mass is 9.62. The van der Waals surface area contributed by atoms with E-state index in [4.69, 9.17) is 0 Å². The maximum Gasteiger partial charge on any atom is 0.230 e. The van der Waals surface area contributed by atoms with Crippen molar-refractivity contribution in [1.29, 1.82) is 0 Å². The fourth-order valence-electron chi connectivity index (χ4n) is 4.38. The molecule has 3 nitrogen and oxygen atoms in total. The van der Waals surface area contributed by atoms with E-state index < -0.39 is 0 Å². The second-order valence-electron chi connectivity index (χ2n) is 6.88. The van der Waals surface area contributed by atoms with Crippen LogP contribution in [0.15, 0.2) is 0 Å². The van der Waals surface area contributed by atoms with Crippen molar-refractivity contribution in [1.82, 2.24) is 5.32 Å². The summed E-state index contributed by atoms with van der Waals surface area (Å²) < 4.78 is 0. The minimum atomic E-state index is -0.0585. The van der Waals surface area contributed by atoms with E-state index in [-0.39, 0.29) is 23.1 Å². The van der Waals surface area contributed by atoms with Crippen molar-refractivity contribution in [2.45, 2.75) is 65.7 Å². The second-order valence-corrected chi connectivity index (χ2v) is 6.88. The molecule has 0 aromatic carbocycles. The molecule has 0 radical (unpaired) electrons. The van der Waals surface area contributed by atoms with Crippen molar-refractivity contribution >= 4 is 11.8 Å². The van der Waals surface area contributed by atoms with Gasteiger partial charge in [-0.3, -0.25) is 14.9 Å². The molecule has 2 amide bonds.